The van der Waals surface area contributed by atoms with Crippen molar-refractivity contribution >= 4 is 8.80 Å². The zero-order valence-electron chi connectivity index (χ0n) is 13.3. The molecular weight excluding hydrogens is 296 g/mol. The molecule has 7 nitrogen and oxygen atoms in total. The summed E-state index contributed by atoms with van der Waals surface area (Å²) in [6.07, 6.45) is 1.52. The third-order valence-corrected chi connectivity index (χ3v) is 5.92. The predicted octanol–water partition coefficient (Wildman–Crippen LogP) is 1.05. The van der Waals surface area contributed by atoms with Crippen molar-refractivity contribution < 1.29 is 32.2 Å². The van der Waals surface area contributed by atoms with E-state index in [0.29, 0.717) is 39.6 Å². The highest BCUT2D eigenvalue weighted by Crippen LogP contribution is 2.28. The minimum Gasteiger partial charge on any atom is -0.382 e. The second-order valence-corrected chi connectivity index (χ2v) is 7.35. The molecule has 0 aliphatic carbocycles. The normalized spacial score (nSPS) is 21.6. The quantitative estimate of drug-likeness (QED) is 0.393. The van der Waals surface area contributed by atoms with Crippen molar-refractivity contribution in [2.24, 2.45) is 0 Å². The van der Waals surface area contributed by atoms with Gasteiger partial charge in [-0.3, -0.25) is 0 Å². The minimum absolute atomic E-state index is 0.286. The number of methoxy groups -OCH3 is 3. The molecule has 0 radical (unpaired) electrons. The molecule has 1 aliphatic heterocycles. The van der Waals surface area contributed by atoms with E-state index in [9.17, 15) is 0 Å². The molecule has 1 heterocycles. The number of hydrogen-bond donors (Lipinski definition) is 0. The molecule has 0 aromatic carbocycles. The van der Waals surface area contributed by atoms with Crippen molar-refractivity contribution in [3.05, 3.63) is 0 Å². The first-order chi connectivity index (χ1) is 10.3. The van der Waals surface area contributed by atoms with Crippen LogP contribution in [0.1, 0.15) is 12.8 Å². The van der Waals surface area contributed by atoms with E-state index in [1.165, 1.54) is 0 Å². The maximum Gasteiger partial charge on any atom is 0.503 e. The van der Waals surface area contributed by atoms with Crippen molar-refractivity contribution in [1.82, 2.24) is 0 Å². The van der Waals surface area contributed by atoms with Crippen LogP contribution < -0.4 is 0 Å². The Morgan fingerprint density at radius 1 is 0.857 bits per heavy atom. The third-order valence-electron chi connectivity index (χ3n) is 3.04. The van der Waals surface area contributed by atoms with Gasteiger partial charge in [0, 0.05) is 27.4 Å². The van der Waals surface area contributed by atoms with Crippen molar-refractivity contribution in [2.45, 2.75) is 25.2 Å². The highest BCUT2D eigenvalue weighted by atomic mass is 28.4. The molecule has 1 aliphatic rings. The highest BCUT2D eigenvalue weighted by Gasteiger charge is 2.46. The van der Waals surface area contributed by atoms with Crippen LogP contribution in [-0.2, 0) is 32.2 Å². The molecule has 0 aromatic rings. The molecule has 0 spiro atoms. The smallest absolute Gasteiger partial charge is 0.382 e. The summed E-state index contributed by atoms with van der Waals surface area (Å²) in [4.78, 5) is 0. The minimum atomic E-state index is -2.71. The van der Waals surface area contributed by atoms with E-state index in [2.05, 4.69) is 0 Å². The Hall–Kier alpha value is -0.0631. The summed E-state index contributed by atoms with van der Waals surface area (Å²) in [5.41, 5.74) is 0. The third kappa shape index (κ3) is 7.66. The second kappa shape index (κ2) is 11.5. The van der Waals surface area contributed by atoms with E-state index in [4.69, 9.17) is 32.2 Å². The Morgan fingerprint density at radius 2 is 1.43 bits per heavy atom. The molecule has 0 N–H and O–H groups in total. The average Bonchev–Trinajstić information content (AvgIpc) is 2.49. The van der Waals surface area contributed by atoms with Gasteiger partial charge in [0.05, 0.1) is 39.6 Å². The molecule has 0 bridgehead atoms. The first kappa shape index (κ1) is 19.0. The van der Waals surface area contributed by atoms with Gasteiger partial charge in [-0.15, -0.1) is 0 Å². The summed E-state index contributed by atoms with van der Waals surface area (Å²) in [6, 6.07) is 0.796. The SMILES string of the molecule is COCCOC1CCC[Si](OCCOC)(OCCOC)O1. The number of ether oxygens (including phenoxy) is 4. The molecule has 1 fully saturated rings. The zero-order chi connectivity index (χ0) is 15.4. The van der Waals surface area contributed by atoms with Crippen molar-refractivity contribution in [3.63, 3.8) is 0 Å². The molecule has 1 rings (SSSR count). The van der Waals surface area contributed by atoms with Gasteiger partial charge in [-0.1, -0.05) is 0 Å². The Labute approximate surface area is 128 Å². The predicted molar refractivity (Wildman–Crippen MR) is 78.2 cm³/mol. The van der Waals surface area contributed by atoms with Crippen LogP contribution in [0.2, 0.25) is 6.04 Å². The van der Waals surface area contributed by atoms with Gasteiger partial charge in [0.25, 0.3) is 0 Å². The Morgan fingerprint density at radius 3 is 2.00 bits per heavy atom. The molecule has 0 saturated carbocycles. The average molecular weight is 324 g/mol. The fourth-order valence-electron chi connectivity index (χ4n) is 2.00. The number of rotatable bonds is 12. The van der Waals surface area contributed by atoms with Gasteiger partial charge in [-0.2, -0.15) is 0 Å². The van der Waals surface area contributed by atoms with Crippen LogP contribution >= 0.6 is 0 Å². The highest BCUT2D eigenvalue weighted by molar-refractivity contribution is 6.60. The van der Waals surface area contributed by atoms with E-state index in [1.54, 1.807) is 21.3 Å². The summed E-state index contributed by atoms with van der Waals surface area (Å²) in [5, 5.41) is 0. The fourth-order valence-corrected chi connectivity index (χ4v) is 4.64. The van der Waals surface area contributed by atoms with E-state index in [1.807, 2.05) is 0 Å². The molecule has 126 valence electrons. The number of hydrogen-bond acceptors (Lipinski definition) is 7. The van der Waals surface area contributed by atoms with Crippen LogP contribution in [0.25, 0.3) is 0 Å². The molecule has 1 atom stereocenters. The Kier molecular flexibility index (Phi) is 10.4. The van der Waals surface area contributed by atoms with Crippen LogP contribution in [0, 0.1) is 0 Å². The summed E-state index contributed by atoms with van der Waals surface area (Å²) < 4.78 is 38.5. The van der Waals surface area contributed by atoms with Gasteiger partial charge >= 0.3 is 8.80 Å². The summed E-state index contributed by atoms with van der Waals surface area (Å²) in [7, 11) is 2.22. The van der Waals surface area contributed by atoms with Gasteiger partial charge in [0.1, 0.15) is 0 Å². The van der Waals surface area contributed by atoms with Gasteiger partial charge in [0.15, 0.2) is 6.29 Å². The molecule has 21 heavy (non-hydrogen) atoms. The van der Waals surface area contributed by atoms with Crippen molar-refractivity contribution in [1.29, 1.82) is 0 Å². The largest absolute Gasteiger partial charge is 0.503 e. The van der Waals surface area contributed by atoms with Crippen LogP contribution in [0.4, 0.5) is 0 Å². The zero-order valence-corrected chi connectivity index (χ0v) is 14.3. The van der Waals surface area contributed by atoms with E-state index in [0.717, 1.165) is 18.9 Å². The molecule has 1 saturated heterocycles. The van der Waals surface area contributed by atoms with E-state index < -0.39 is 8.80 Å². The molecular formula is C13H28O7Si. The van der Waals surface area contributed by atoms with Crippen LogP contribution in [0.5, 0.6) is 0 Å². The first-order valence-electron chi connectivity index (χ1n) is 7.30. The van der Waals surface area contributed by atoms with Crippen LogP contribution in [-0.4, -0.2) is 76.1 Å². The summed E-state index contributed by atoms with van der Waals surface area (Å²) in [6.45, 7) is 2.99. The molecule has 0 aromatic heterocycles. The first-order valence-corrected chi connectivity index (χ1v) is 9.23. The van der Waals surface area contributed by atoms with Crippen LogP contribution in [0.3, 0.4) is 0 Å². The molecule has 0 amide bonds. The Bertz CT molecular complexity index is 245. The van der Waals surface area contributed by atoms with Gasteiger partial charge in [-0.05, 0) is 12.8 Å². The standard InChI is InChI=1S/C13H28O7Si/c1-14-6-9-17-13-5-4-12-21(20-13,18-10-7-15-2)19-11-8-16-3/h13H,4-12H2,1-3H3. The van der Waals surface area contributed by atoms with Crippen molar-refractivity contribution in [3.8, 4) is 0 Å². The van der Waals surface area contributed by atoms with Crippen molar-refractivity contribution in [2.75, 3.05) is 61.0 Å². The summed E-state index contributed by atoms with van der Waals surface area (Å²) >= 11 is 0. The fraction of sp³-hybridized carbons (Fsp3) is 1.00. The molecule has 1 unspecified atom stereocenters. The monoisotopic (exact) mass is 324 g/mol. The maximum atomic E-state index is 6.02. The van der Waals surface area contributed by atoms with E-state index >= 15 is 0 Å². The molecule has 8 heteroatoms. The lowest BCUT2D eigenvalue weighted by molar-refractivity contribution is -0.143. The summed E-state index contributed by atoms with van der Waals surface area (Å²) in [5.74, 6) is 0. The van der Waals surface area contributed by atoms with Gasteiger partial charge in [-0.25, -0.2) is 0 Å². The van der Waals surface area contributed by atoms with Gasteiger partial charge < -0.3 is 32.2 Å². The van der Waals surface area contributed by atoms with E-state index in [-0.39, 0.29) is 6.29 Å². The van der Waals surface area contributed by atoms with Crippen LogP contribution in [0.15, 0.2) is 0 Å². The second-order valence-electron chi connectivity index (χ2n) is 4.67. The topological polar surface area (TPSA) is 64.6 Å². The lowest BCUT2D eigenvalue weighted by Crippen LogP contribution is -2.52. The lowest BCUT2D eigenvalue weighted by Gasteiger charge is -2.37. The maximum absolute atomic E-state index is 6.02. The van der Waals surface area contributed by atoms with Gasteiger partial charge in [0.2, 0.25) is 0 Å². The Balaban J connectivity index is 2.48. The lowest BCUT2D eigenvalue weighted by atomic mass is 10.3.